The molecule has 6 heteroatoms. The Morgan fingerprint density at radius 1 is 1.10 bits per heavy atom. The van der Waals surface area contributed by atoms with Gasteiger partial charge < -0.3 is 14.2 Å². The van der Waals surface area contributed by atoms with Crippen molar-refractivity contribution in [2.75, 3.05) is 14.2 Å². The van der Waals surface area contributed by atoms with Gasteiger partial charge in [-0.05, 0) is 18.6 Å². The summed E-state index contributed by atoms with van der Waals surface area (Å²) in [5.74, 6) is -2.17. The largest absolute Gasteiger partial charge is 0.469 e. The Morgan fingerprint density at radius 3 is 2.30 bits per heavy atom. The van der Waals surface area contributed by atoms with E-state index in [4.69, 9.17) is 4.74 Å². The van der Waals surface area contributed by atoms with Crippen molar-refractivity contribution in [3.8, 4) is 0 Å². The van der Waals surface area contributed by atoms with E-state index >= 15 is 0 Å². The van der Waals surface area contributed by atoms with Gasteiger partial charge in [0.25, 0.3) is 0 Å². The highest BCUT2D eigenvalue weighted by molar-refractivity contribution is 5.93. The molecule has 1 rings (SSSR count). The maximum atomic E-state index is 12.0. The van der Waals surface area contributed by atoms with Crippen molar-refractivity contribution in [1.82, 2.24) is 0 Å². The molecule has 0 spiro atoms. The first-order valence-corrected chi connectivity index (χ1v) is 5.90. The number of hydrogen-bond donors (Lipinski definition) is 0. The second-order valence-corrected chi connectivity index (χ2v) is 4.01. The molecule has 20 heavy (non-hydrogen) atoms. The molecule has 6 nitrogen and oxygen atoms in total. The first-order valence-electron chi connectivity index (χ1n) is 5.90. The molecule has 0 fully saturated rings. The fraction of sp³-hybridized carbons (Fsp3) is 0.357. The van der Waals surface area contributed by atoms with Crippen molar-refractivity contribution < 1.29 is 28.6 Å². The van der Waals surface area contributed by atoms with E-state index in [2.05, 4.69) is 9.47 Å². The van der Waals surface area contributed by atoms with Crippen molar-refractivity contribution >= 4 is 17.9 Å². The molecule has 0 heterocycles. The Labute approximate surface area is 116 Å². The number of hydrogen-bond acceptors (Lipinski definition) is 6. The number of methoxy groups -OCH3 is 2. The van der Waals surface area contributed by atoms with Crippen LogP contribution in [0, 0.1) is 6.92 Å². The molecule has 0 unspecified atom stereocenters. The van der Waals surface area contributed by atoms with Gasteiger partial charge in [0, 0.05) is 0 Å². The topological polar surface area (TPSA) is 78.9 Å². The molecule has 0 aliphatic heterocycles. The first kappa shape index (κ1) is 15.7. The van der Waals surface area contributed by atoms with Crippen molar-refractivity contribution in [1.29, 1.82) is 0 Å². The van der Waals surface area contributed by atoms with Crippen LogP contribution in [0.3, 0.4) is 0 Å². The van der Waals surface area contributed by atoms with Gasteiger partial charge in [0.2, 0.25) is 6.10 Å². The summed E-state index contributed by atoms with van der Waals surface area (Å²) in [5, 5.41) is 0. The molecule has 0 saturated heterocycles. The second-order valence-electron chi connectivity index (χ2n) is 4.01. The number of carbonyl (C=O) groups is 3. The third kappa shape index (κ3) is 4.08. The van der Waals surface area contributed by atoms with E-state index in [1.807, 2.05) is 0 Å². The maximum Gasteiger partial charge on any atom is 0.347 e. The van der Waals surface area contributed by atoms with Crippen LogP contribution in [0.4, 0.5) is 0 Å². The lowest BCUT2D eigenvalue weighted by Crippen LogP contribution is -2.31. The average Bonchev–Trinajstić information content (AvgIpc) is 2.45. The predicted octanol–water partition coefficient (Wildman–Crippen LogP) is 1.26. The van der Waals surface area contributed by atoms with Gasteiger partial charge in [-0.15, -0.1) is 0 Å². The third-order valence-electron chi connectivity index (χ3n) is 2.66. The van der Waals surface area contributed by atoms with E-state index in [-0.39, 0.29) is 6.42 Å². The highest BCUT2D eigenvalue weighted by Crippen LogP contribution is 2.12. The Hall–Kier alpha value is -2.37. The summed E-state index contributed by atoms with van der Waals surface area (Å²) in [4.78, 5) is 34.7. The van der Waals surface area contributed by atoms with Gasteiger partial charge in [-0.1, -0.05) is 18.2 Å². The Kier molecular flexibility index (Phi) is 5.71. The van der Waals surface area contributed by atoms with Gasteiger partial charge in [-0.3, -0.25) is 4.79 Å². The summed E-state index contributed by atoms with van der Waals surface area (Å²) in [5.41, 5.74) is 1.03. The Balaban J connectivity index is 2.84. The van der Waals surface area contributed by atoms with Gasteiger partial charge in [0.1, 0.15) is 0 Å². The SMILES string of the molecule is COC(=O)C[C@@H](OC(=O)c1ccccc1C)C(=O)OC. The van der Waals surface area contributed by atoms with Gasteiger partial charge in [0.15, 0.2) is 0 Å². The van der Waals surface area contributed by atoms with Gasteiger partial charge in [-0.2, -0.15) is 0 Å². The zero-order chi connectivity index (χ0) is 15.1. The quantitative estimate of drug-likeness (QED) is 0.596. The molecule has 0 saturated carbocycles. The summed E-state index contributed by atoms with van der Waals surface area (Å²) < 4.78 is 14.0. The Bertz CT molecular complexity index is 508. The monoisotopic (exact) mass is 280 g/mol. The van der Waals surface area contributed by atoms with Crippen LogP contribution in [0.15, 0.2) is 24.3 Å². The van der Waals surface area contributed by atoms with E-state index < -0.39 is 24.0 Å². The average molecular weight is 280 g/mol. The van der Waals surface area contributed by atoms with E-state index in [9.17, 15) is 14.4 Å². The highest BCUT2D eigenvalue weighted by Gasteiger charge is 2.28. The number of ether oxygens (including phenoxy) is 3. The van der Waals surface area contributed by atoms with E-state index in [1.165, 1.54) is 7.11 Å². The molecule has 0 aromatic heterocycles. The van der Waals surface area contributed by atoms with Crippen LogP contribution in [0.25, 0.3) is 0 Å². The van der Waals surface area contributed by atoms with Crippen molar-refractivity contribution in [2.24, 2.45) is 0 Å². The zero-order valence-electron chi connectivity index (χ0n) is 11.5. The minimum atomic E-state index is -1.32. The molecule has 0 aliphatic rings. The lowest BCUT2D eigenvalue weighted by molar-refractivity contribution is -0.157. The highest BCUT2D eigenvalue weighted by atomic mass is 16.6. The predicted molar refractivity (Wildman–Crippen MR) is 69.0 cm³/mol. The number of rotatable bonds is 5. The van der Waals surface area contributed by atoms with E-state index in [0.29, 0.717) is 11.1 Å². The molecule has 0 amide bonds. The minimum Gasteiger partial charge on any atom is -0.469 e. The molecule has 0 aliphatic carbocycles. The van der Waals surface area contributed by atoms with E-state index in [1.54, 1.807) is 31.2 Å². The molecular formula is C14H16O6. The summed E-state index contributed by atoms with van der Waals surface area (Å²) in [6, 6.07) is 6.77. The van der Waals surface area contributed by atoms with Crippen LogP contribution in [0.5, 0.6) is 0 Å². The third-order valence-corrected chi connectivity index (χ3v) is 2.66. The van der Waals surface area contributed by atoms with Gasteiger partial charge in [0.05, 0.1) is 26.2 Å². The maximum absolute atomic E-state index is 12.0. The van der Waals surface area contributed by atoms with Gasteiger partial charge >= 0.3 is 17.9 Å². The lowest BCUT2D eigenvalue weighted by Gasteiger charge is -2.15. The fourth-order valence-corrected chi connectivity index (χ4v) is 1.53. The number of esters is 3. The standard InChI is InChI=1S/C14H16O6/c1-9-6-4-5-7-10(9)13(16)20-11(14(17)19-3)8-12(15)18-2/h4-7,11H,8H2,1-3H3/t11-/m1/s1. The van der Waals surface area contributed by atoms with Crippen molar-refractivity contribution in [3.05, 3.63) is 35.4 Å². The summed E-state index contributed by atoms with van der Waals surface area (Å²) >= 11 is 0. The molecule has 1 aromatic carbocycles. The molecular weight excluding hydrogens is 264 g/mol. The van der Waals surface area contributed by atoms with Crippen LogP contribution in [-0.2, 0) is 23.8 Å². The molecule has 0 bridgehead atoms. The van der Waals surface area contributed by atoms with Crippen molar-refractivity contribution in [3.63, 3.8) is 0 Å². The summed E-state index contributed by atoms with van der Waals surface area (Å²) in [6.07, 6.45) is -1.71. The fourth-order valence-electron chi connectivity index (χ4n) is 1.53. The Morgan fingerprint density at radius 2 is 1.75 bits per heavy atom. The molecule has 108 valence electrons. The molecule has 0 N–H and O–H groups in total. The number of carbonyl (C=O) groups excluding carboxylic acids is 3. The molecule has 1 aromatic rings. The lowest BCUT2D eigenvalue weighted by atomic mass is 10.1. The van der Waals surface area contributed by atoms with Gasteiger partial charge in [-0.25, -0.2) is 9.59 Å². The number of benzene rings is 1. The van der Waals surface area contributed by atoms with Crippen LogP contribution in [0.1, 0.15) is 22.3 Å². The number of aryl methyl sites for hydroxylation is 1. The second kappa shape index (κ2) is 7.28. The van der Waals surface area contributed by atoms with Crippen molar-refractivity contribution in [2.45, 2.75) is 19.4 Å². The normalized spacial score (nSPS) is 11.3. The first-order chi connectivity index (χ1) is 9.49. The molecule has 0 radical (unpaired) electrons. The van der Waals surface area contributed by atoms with Crippen LogP contribution >= 0.6 is 0 Å². The van der Waals surface area contributed by atoms with Crippen LogP contribution < -0.4 is 0 Å². The smallest absolute Gasteiger partial charge is 0.347 e. The minimum absolute atomic E-state index is 0.325. The zero-order valence-corrected chi connectivity index (χ0v) is 11.5. The molecule has 1 atom stereocenters. The summed E-state index contributed by atoms with van der Waals surface area (Å²) in [7, 11) is 2.33. The van der Waals surface area contributed by atoms with Crippen LogP contribution in [-0.4, -0.2) is 38.2 Å². The van der Waals surface area contributed by atoms with Crippen LogP contribution in [0.2, 0.25) is 0 Å². The summed E-state index contributed by atoms with van der Waals surface area (Å²) in [6.45, 7) is 1.74. The van der Waals surface area contributed by atoms with E-state index in [0.717, 1.165) is 7.11 Å².